The first-order valence-corrected chi connectivity index (χ1v) is 7.14. The van der Waals surface area contributed by atoms with Crippen molar-refractivity contribution >= 4 is 0 Å². The van der Waals surface area contributed by atoms with Crippen LogP contribution in [-0.4, -0.2) is 11.2 Å². The first kappa shape index (κ1) is 15.7. The minimum Gasteiger partial charge on any atom is -0.393 e. The maximum atomic E-state index is 9.67. The van der Waals surface area contributed by atoms with Crippen molar-refractivity contribution in [3.05, 3.63) is 12.2 Å². The first-order valence-electron chi connectivity index (χ1n) is 7.14. The molecule has 0 aromatic rings. The van der Waals surface area contributed by atoms with Crippen LogP contribution in [0.5, 0.6) is 0 Å². The fraction of sp³-hybridized carbons (Fsp3) is 0.867. The molecule has 0 bridgehead atoms. The van der Waals surface area contributed by atoms with Crippen LogP contribution >= 0.6 is 0 Å². The molecule has 1 nitrogen and oxygen atoms in total. The zero-order valence-electron chi connectivity index (χ0n) is 11.3. The van der Waals surface area contributed by atoms with E-state index in [9.17, 15) is 5.11 Å². The van der Waals surface area contributed by atoms with Crippen molar-refractivity contribution in [3.8, 4) is 0 Å². The normalized spacial score (nSPS) is 13.4. The van der Waals surface area contributed by atoms with E-state index in [0.717, 1.165) is 19.3 Å². The van der Waals surface area contributed by atoms with Gasteiger partial charge in [-0.3, -0.25) is 0 Å². The average Bonchev–Trinajstić information content (AvgIpc) is 2.28. The van der Waals surface area contributed by atoms with E-state index in [4.69, 9.17) is 0 Å². The lowest BCUT2D eigenvalue weighted by Gasteiger charge is -2.07. The molecular weight excluding hydrogens is 196 g/mol. The number of aliphatic hydroxyl groups excluding tert-OH is 1. The Balaban J connectivity index is 3.15. The van der Waals surface area contributed by atoms with E-state index in [1.807, 2.05) is 0 Å². The number of hydrogen-bond acceptors (Lipinski definition) is 1. The second kappa shape index (κ2) is 12.8. The van der Waals surface area contributed by atoms with Gasteiger partial charge in [-0.15, -0.1) is 0 Å². The molecule has 0 radical (unpaired) electrons. The van der Waals surface area contributed by atoms with Crippen molar-refractivity contribution in [2.45, 2.75) is 84.2 Å². The monoisotopic (exact) mass is 226 g/mol. The van der Waals surface area contributed by atoms with Gasteiger partial charge in [0.25, 0.3) is 0 Å². The van der Waals surface area contributed by atoms with Gasteiger partial charge in [0.15, 0.2) is 0 Å². The number of allylic oxidation sites excluding steroid dienone is 1. The summed E-state index contributed by atoms with van der Waals surface area (Å²) in [6, 6.07) is 0. The lowest BCUT2D eigenvalue weighted by molar-refractivity contribution is 0.163. The van der Waals surface area contributed by atoms with E-state index < -0.39 is 0 Å². The molecule has 0 saturated carbocycles. The molecule has 16 heavy (non-hydrogen) atoms. The Morgan fingerprint density at radius 2 is 1.50 bits per heavy atom. The molecule has 1 heteroatoms. The summed E-state index contributed by atoms with van der Waals surface area (Å²) in [6.45, 7) is 4.37. The summed E-state index contributed by atoms with van der Waals surface area (Å²) < 4.78 is 0. The summed E-state index contributed by atoms with van der Waals surface area (Å²) in [4.78, 5) is 0. The smallest absolute Gasteiger partial charge is 0.0574 e. The van der Waals surface area contributed by atoms with Gasteiger partial charge in [0.1, 0.15) is 0 Å². The quantitative estimate of drug-likeness (QED) is 0.394. The lowest BCUT2D eigenvalue weighted by Crippen LogP contribution is -2.04. The van der Waals surface area contributed by atoms with Gasteiger partial charge in [-0.2, -0.15) is 0 Å². The van der Waals surface area contributed by atoms with Gasteiger partial charge >= 0.3 is 0 Å². The fourth-order valence-corrected chi connectivity index (χ4v) is 1.87. The van der Waals surface area contributed by atoms with Crippen LogP contribution in [0.2, 0.25) is 0 Å². The molecule has 0 amide bonds. The van der Waals surface area contributed by atoms with Crippen molar-refractivity contribution < 1.29 is 5.11 Å². The Morgan fingerprint density at radius 1 is 0.875 bits per heavy atom. The summed E-state index contributed by atoms with van der Waals surface area (Å²) in [6.07, 6.45) is 16.3. The predicted molar refractivity (Wildman–Crippen MR) is 72.7 cm³/mol. The summed E-state index contributed by atoms with van der Waals surface area (Å²) >= 11 is 0. The van der Waals surface area contributed by atoms with Crippen LogP contribution in [-0.2, 0) is 0 Å². The molecule has 0 aromatic heterocycles. The summed E-state index contributed by atoms with van der Waals surface area (Å²) in [7, 11) is 0. The van der Waals surface area contributed by atoms with Crippen molar-refractivity contribution in [1.29, 1.82) is 0 Å². The molecule has 96 valence electrons. The molecule has 1 atom stereocenters. The topological polar surface area (TPSA) is 20.2 Å². The summed E-state index contributed by atoms with van der Waals surface area (Å²) in [5.41, 5.74) is 0. The number of unbranched alkanes of at least 4 members (excludes halogenated alkanes) is 6. The molecule has 0 aliphatic rings. The Labute approximate surface area is 102 Å². The third-order valence-corrected chi connectivity index (χ3v) is 2.95. The molecule has 0 saturated heterocycles. The highest BCUT2D eigenvalue weighted by Crippen LogP contribution is 2.11. The van der Waals surface area contributed by atoms with Crippen LogP contribution in [0.15, 0.2) is 12.2 Å². The molecule has 1 N–H and O–H groups in total. The van der Waals surface area contributed by atoms with Gasteiger partial charge in [0.2, 0.25) is 0 Å². The lowest BCUT2D eigenvalue weighted by atomic mass is 10.0. The van der Waals surface area contributed by atoms with E-state index in [1.54, 1.807) is 0 Å². The third kappa shape index (κ3) is 11.8. The Hall–Kier alpha value is -0.300. The number of rotatable bonds is 11. The van der Waals surface area contributed by atoms with Crippen LogP contribution in [0.25, 0.3) is 0 Å². The highest BCUT2D eigenvalue weighted by molar-refractivity contribution is 4.82. The second-order valence-corrected chi connectivity index (χ2v) is 4.68. The van der Waals surface area contributed by atoms with Crippen LogP contribution in [0.3, 0.4) is 0 Å². The van der Waals surface area contributed by atoms with Gasteiger partial charge in [-0.05, 0) is 19.3 Å². The van der Waals surface area contributed by atoms with Crippen molar-refractivity contribution in [3.63, 3.8) is 0 Å². The minimum atomic E-state index is -0.113. The maximum Gasteiger partial charge on any atom is 0.0574 e. The van der Waals surface area contributed by atoms with Crippen LogP contribution in [0.4, 0.5) is 0 Å². The van der Waals surface area contributed by atoms with Crippen LogP contribution in [0.1, 0.15) is 78.1 Å². The number of hydrogen-bond donors (Lipinski definition) is 1. The van der Waals surface area contributed by atoms with Crippen LogP contribution in [0, 0.1) is 0 Å². The molecule has 0 spiro atoms. The van der Waals surface area contributed by atoms with E-state index >= 15 is 0 Å². The van der Waals surface area contributed by atoms with Gasteiger partial charge in [-0.1, -0.05) is 70.9 Å². The van der Waals surface area contributed by atoms with Gasteiger partial charge in [-0.25, -0.2) is 0 Å². The summed E-state index contributed by atoms with van der Waals surface area (Å²) in [5.74, 6) is 0. The fourth-order valence-electron chi connectivity index (χ4n) is 1.87. The molecular formula is C15H30O. The average molecular weight is 226 g/mol. The standard InChI is InChI=1S/C15H30O/c1-3-5-7-8-9-10-12-14-15(16)13-11-6-4-2/h6,11,15-16H,3-5,7-10,12-14H2,1-2H3/b11-6-. The summed E-state index contributed by atoms with van der Waals surface area (Å²) in [5, 5.41) is 9.67. The van der Waals surface area contributed by atoms with E-state index in [-0.39, 0.29) is 6.10 Å². The molecule has 0 aliphatic carbocycles. The molecule has 0 aromatic carbocycles. The Morgan fingerprint density at radius 3 is 2.12 bits per heavy atom. The van der Waals surface area contributed by atoms with Gasteiger partial charge in [0, 0.05) is 0 Å². The molecule has 0 rings (SSSR count). The Bertz CT molecular complexity index is 152. The zero-order valence-corrected chi connectivity index (χ0v) is 11.3. The van der Waals surface area contributed by atoms with Crippen molar-refractivity contribution in [2.24, 2.45) is 0 Å². The first-order chi connectivity index (χ1) is 7.81. The third-order valence-electron chi connectivity index (χ3n) is 2.95. The molecule has 0 heterocycles. The second-order valence-electron chi connectivity index (χ2n) is 4.68. The highest BCUT2D eigenvalue weighted by Gasteiger charge is 2.00. The van der Waals surface area contributed by atoms with Crippen molar-refractivity contribution in [2.75, 3.05) is 0 Å². The van der Waals surface area contributed by atoms with E-state index in [2.05, 4.69) is 26.0 Å². The van der Waals surface area contributed by atoms with Crippen molar-refractivity contribution in [1.82, 2.24) is 0 Å². The largest absolute Gasteiger partial charge is 0.393 e. The highest BCUT2D eigenvalue weighted by atomic mass is 16.3. The number of aliphatic hydroxyl groups is 1. The van der Waals surface area contributed by atoms with E-state index in [1.165, 1.54) is 44.9 Å². The molecule has 1 unspecified atom stereocenters. The van der Waals surface area contributed by atoms with Gasteiger partial charge < -0.3 is 5.11 Å². The SMILES string of the molecule is CC/C=C\CC(O)CCCCCCCCC. The maximum absolute atomic E-state index is 9.67. The predicted octanol–water partition coefficient (Wildman–Crippen LogP) is 4.84. The van der Waals surface area contributed by atoms with Crippen LogP contribution < -0.4 is 0 Å². The van der Waals surface area contributed by atoms with E-state index in [0.29, 0.717) is 0 Å². The minimum absolute atomic E-state index is 0.113. The zero-order chi connectivity index (χ0) is 12.1. The van der Waals surface area contributed by atoms with Gasteiger partial charge in [0.05, 0.1) is 6.10 Å². The molecule has 0 aliphatic heterocycles. The Kier molecular flexibility index (Phi) is 12.5. The molecule has 0 fully saturated rings.